The minimum Gasteiger partial charge on any atom is -0.383 e. The molecule has 5 heteroatoms. The summed E-state index contributed by atoms with van der Waals surface area (Å²) in [6, 6.07) is 12.0. The van der Waals surface area contributed by atoms with Gasteiger partial charge in [-0.15, -0.1) is 0 Å². The Bertz CT molecular complexity index is 492. The third-order valence-corrected chi connectivity index (χ3v) is 2.72. The number of hydrogen-bond donors (Lipinski definition) is 3. The summed E-state index contributed by atoms with van der Waals surface area (Å²) in [7, 11) is 0. The van der Waals surface area contributed by atoms with E-state index < -0.39 is 0 Å². The van der Waals surface area contributed by atoms with Gasteiger partial charge in [-0.05, 0) is 11.5 Å². The molecule has 0 bridgehead atoms. The third kappa shape index (κ3) is 3.10. The van der Waals surface area contributed by atoms with Crippen LogP contribution >= 0.6 is 0 Å². The largest absolute Gasteiger partial charge is 0.383 e. The lowest BCUT2D eigenvalue weighted by Gasteiger charge is -2.13. The standard InChI is InChI=1S/C13H17N5/c1-9(10-5-3-2-4-6-10)8-16-12-7-11(14)17-13(15)18-12/h2-7,9H,8H2,1H3,(H5,14,15,16,17,18). The molecule has 5 N–H and O–H groups in total. The molecule has 0 aliphatic rings. The molecule has 0 spiro atoms. The SMILES string of the molecule is CC(CNc1cc(N)nc(N)n1)c1ccccc1. The van der Waals surface area contributed by atoms with Gasteiger partial charge in [0.2, 0.25) is 5.95 Å². The third-order valence-electron chi connectivity index (χ3n) is 2.72. The van der Waals surface area contributed by atoms with Crippen molar-refractivity contribution in [3.05, 3.63) is 42.0 Å². The zero-order chi connectivity index (χ0) is 13.0. The molecule has 2 rings (SSSR count). The van der Waals surface area contributed by atoms with Crippen LogP contribution in [0.1, 0.15) is 18.4 Å². The number of hydrogen-bond acceptors (Lipinski definition) is 5. The highest BCUT2D eigenvalue weighted by Crippen LogP contribution is 2.16. The number of anilines is 3. The van der Waals surface area contributed by atoms with E-state index in [9.17, 15) is 0 Å². The lowest BCUT2D eigenvalue weighted by atomic mass is 10.0. The molecule has 94 valence electrons. The molecular formula is C13H17N5. The van der Waals surface area contributed by atoms with Crippen molar-refractivity contribution in [2.24, 2.45) is 0 Å². The smallest absolute Gasteiger partial charge is 0.223 e. The maximum Gasteiger partial charge on any atom is 0.223 e. The minimum absolute atomic E-state index is 0.185. The van der Waals surface area contributed by atoms with Gasteiger partial charge in [0.15, 0.2) is 0 Å². The Morgan fingerprint density at radius 1 is 1.17 bits per heavy atom. The van der Waals surface area contributed by atoms with Crippen LogP contribution in [0.4, 0.5) is 17.6 Å². The van der Waals surface area contributed by atoms with Crippen LogP contribution in [0.25, 0.3) is 0 Å². The molecule has 0 saturated carbocycles. The zero-order valence-electron chi connectivity index (χ0n) is 10.3. The van der Waals surface area contributed by atoms with Crippen molar-refractivity contribution in [3.8, 4) is 0 Å². The number of aromatic nitrogens is 2. The molecule has 5 nitrogen and oxygen atoms in total. The Balaban J connectivity index is 1.99. The summed E-state index contributed by atoms with van der Waals surface area (Å²) >= 11 is 0. The lowest BCUT2D eigenvalue weighted by molar-refractivity contribution is 0.801. The maximum atomic E-state index is 5.61. The van der Waals surface area contributed by atoms with E-state index in [1.54, 1.807) is 6.07 Å². The predicted octanol–water partition coefficient (Wildman–Crippen LogP) is 1.86. The first-order valence-electron chi connectivity index (χ1n) is 5.84. The molecule has 0 aliphatic heterocycles. The topological polar surface area (TPSA) is 89.8 Å². The van der Waals surface area contributed by atoms with Gasteiger partial charge in [0, 0.05) is 12.6 Å². The highest BCUT2D eigenvalue weighted by Gasteiger charge is 2.05. The minimum atomic E-state index is 0.185. The van der Waals surface area contributed by atoms with Crippen LogP contribution in [0.15, 0.2) is 36.4 Å². The van der Waals surface area contributed by atoms with Gasteiger partial charge in [0.1, 0.15) is 11.6 Å². The highest BCUT2D eigenvalue weighted by molar-refractivity contribution is 5.48. The predicted molar refractivity (Wildman–Crippen MR) is 74.2 cm³/mol. The van der Waals surface area contributed by atoms with Gasteiger partial charge < -0.3 is 16.8 Å². The fourth-order valence-electron chi connectivity index (χ4n) is 1.73. The van der Waals surface area contributed by atoms with Crippen molar-refractivity contribution in [1.29, 1.82) is 0 Å². The summed E-state index contributed by atoms with van der Waals surface area (Å²) < 4.78 is 0. The summed E-state index contributed by atoms with van der Waals surface area (Å²) in [6.07, 6.45) is 0. The summed E-state index contributed by atoms with van der Waals surface area (Å²) in [4.78, 5) is 7.90. The van der Waals surface area contributed by atoms with Crippen LogP contribution in [-0.4, -0.2) is 16.5 Å². The Kier molecular flexibility index (Phi) is 3.62. The average molecular weight is 243 g/mol. The van der Waals surface area contributed by atoms with E-state index in [4.69, 9.17) is 11.5 Å². The molecule has 1 aromatic carbocycles. The van der Waals surface area contributed by atoms with Gasteiger partial charge >= 0.3 is 0 Å². The molecule has 1 aromatic heterocycles. The first-order valence-corrected chi connectivity index (χ1v) is 5.84. The van der Waals surface area contributed by atoms with Crippen molar-refractivity contribution in [2.75, 3.05) is 23.3 Å². The van der Waals surface area contributed by atoms with Crippen molar-refractivity contribution in [3.63, 3.8) is 0 Å². The van der Waals surface area contributed by atoms with E-state index >= 15 is 0 Å². The molecule has 2 aromatic rings. The van der Waals surface area contributed by atoms with E-state index in [1.807, 2.05) is 18.2 Å². The Morgan fingerprint density at radius 2 is 1.89 bits per heavy atom. The molecule has 1 atom stereocenters. The van der Waals surface area contributed by atoms with E-state index in [-0.39, 0.29) is 5.95 Å². The van der Waals surface area contributed by atoms with Gasteiger partial charge in [-0.3, -0.25) is 0 Å². The fourth-order valence-corrected chi connectivity index (χ4v) is 1.73. The Morgan fingerprint density at radius 3 is 2.56 bits per heavy atom. The van der Waals surface area contributed by atoms with Crippen molar-refractivity contribution in [2.45, 2.75) is 12.8 Å². The maximum absolute atomic E-state index is 5.61. The molecule has 1 heterocycles. The molecule has 0 saturated heterocycles. The van der Waals surface area contributed by atoms with Crippen molar-refractivity contribution in [1.82, 2.24) is 9.97 Å². The molecule has 18 heavy (non-hydrogen) atoms. The van der Waals surface area contributed by atoms with Gasteiger partial charge in [-0.2, -0.15) is 9.97 Å². The van der Waals surface area contributed by atoms with Gasteiger partial charge in [-0.1, -0.05) is 37.3 Å². The first kappa shape index (κ1) is 12.2. The summed E-state index contributed by atoms with van der Waals surface area (Å²) in [6.45, 7) is 2.91. The average Bonchev–Trinajstić information content (AvgIpc) is 2.36. The van der Waals surface area contributed by atoms with Crippen LogP contribution in [0.5, 0.6) is 0 Å². The zero-order valence-corrected chi connectivity index (χ0v) is 10.3. The summed E-state index contributed by atoms with van der Waals surface area (Å²) in [5.41, 5.74) is 12.4. The number of nitrogen functional groups attached to an aromatic ring is 2. The van der Waals surface area contributed by atoms with E-state index in [2.05, 4.69) is 34.3 Å². The lowest BCUT2D eigenvalue weighted by Crippen LogP contribution is -2.12. The molecular weight excluding hydrogens is 226 g/mol. The number of nitrogens with zero attached hydrogens (tertiary/aromatic N) is 2. The summed E-state index contributed by atoms with van der Waals surface area (Å²) in [5, 5.41) is 3.21. The Labute approximate surface area is 106 Å². The van der Waals surface area contributed by atoms with Crippen LogP contribution in [0, 0.1) is 0 Å². The number of rotatable bonds is 4. The fraction of sp³-hybridized carbons (Fsp3) is 0.231. The van der Waals surface area contributed by atoms with Crippen LogP contribution in [0.3, 0.4) is 0 Å². The van der Waals surface area contributed by atoms with E-state index in [1.165, 1.54) is 5.56 Å². The molecule has 0 aliphatic carbocycles. The van der Waals surface area contributed by atoms with Gasteiger partial charge in [0.25, 0.3) is 0 Å². The number of nitrogens with two attached hydrogens (primary N) is 2. The summed E-state index contributed by atoms with van der Waals surface area (Å²) in [5.74, 6) is 1.59. The molecule has 0 radical (unpaired) electrons. The Hall–Kier alpha value is -2.30. The number of benzene rings is 1. The van der Waals surface area contributed by atoms with Gasteiger partial charge in [-0.25, -0.2) is 0 Å². The van der Waals surface area contributed by atoms with Crippen molar-refractivity contribution >= 4 is 17.6 Å². The monoisotopic (exact) mass is 243 g/mol. The van der Waals surface area contributed by atoms with E-state index in [0.29, 0.717) is 17.6 Å². The quantitative estimate of drug-likeness (QED) is 0.762. The van der Waals surface area contributed by atoms with Crippen molar-refractivity contribution < 1.29 is 0 Å². The van der Waals surface area contributed by atoms with Crippen LogP contribution in [0.2, 0.25) is 0 Å². The second-order valence-corrected chi connectivity index (χ2v) is 4.23. The van der Waals surface area contributed by atoms with Crippen LogP contribution < -0.4 is 16.8 Å². The molecule has 0 amide bonds. The van der Waals surface area contributed by atoms with Gasteiger partial charge in [0.05, 0.1) is 0 Å². The van der Waals surface area contributed by atoms with E-state index in [0.717, 1.165) is 6.54 Å². The second-order valence-electron chi connectivity index (χ2n) is 4.23. The normalized spacial score (nSPS) is 12.1. The first-order chi connectivity index (χ1) is 8.65. The molecule has 1 unspecified atom stereocenters. The highest BCUT2D eigenvalue weighted by atomic mass is 15.1. The second kappa shape index (κ2) is 5.35. The number of nitrogens with one attached hydrogen (secondary N) is 1. The molecule has 0 fully saturated rings. The van der Waals surface area contributed by atoms with Crippen LogP contribution in [-0.2, 0) is 0 Å².